The number of aromatic nitrogens is 1. The first kappa shape index (κ1) is 17.7. The van der Waals surface area contributed by atoms with E-state index in [1.807, 2.05) is 0 Å². The molecule has 1 N–H and O–H groups in total. The highest BCUT2D eigenvalue weighted by molar-refractivity contribution is 5.81. The van der Waals surface area contributed by atoms with Gasteiger partial charge in [0.1, 0.15) is 11.6 Å². The second-order valence-corrected chi connectivity index (χ2v) is 5.60. The van der Waals surface area contributed by atoms with Crippen LogP contribution in [0, 0.1) is 0 Å². The van der Waals surface area contributed by atoms with E-state index in [2.05, 4.69) is 10.3 Å². The van der Waals surface area contributed by atoms with Crippen LogP contribution in [-0.4, -0.2) is 42.9 Å². The average molecular weight is 310 g/mol. The van der Waals surface area contributed by atoms with E-state index >= 15 is 0 Å². The Bertz CT molecular complexity index is 525. The van der Waals surface area contributed by atoms with E-state index in [9.17, 15) is 9.59 Å². The minimum Gasteiger partial charge on any atom is -0.481 e. The Kier molecular flexibility index (Phi) is 6.15. The summed E-state index contributed by atoms with van der Waals surface area (Å²) in [6, 6.07) is 4.29. The molecule has 0 saturated heterocycles. The van der Waals surface area contributed by atoms with Gasteiger partial charge in [-0.3, -0.25) is 0 Å². The molecule has 1 unspecified atom stereocenters. The smallest absolute Gasteiger partial charge is 0.408 e. The Morgan fingerprint density at radius 2 is 1.95 bits per heavy atom. The minimum absolute atomic E-state index is 0.170. The summed E-state index contributed by atoms with van der Waals surface area (Å²) < 4.78 is 14.9. The van der Waals surface area contributed by atoms with Crippen molar-refractivity contribution in [1.29, 1.82) is 0 Å². The maximum absolute atomic E-state index is 11.8. The number of carbonyl (C=O) groups is 2. The van der Waals surface area contributed by atoms with Crippen molar-refractivity contribution in [3.8, 4) is 5.88 Å². The first-order valence-electron chi connectivity index (χ1n) is 6.82. The van der Waals surface area contributed by atoms with Crippen molar-refractivity contribution >= 4 is 12.1 Å². The zero-order valence-corrected chi connectivity index (χ0v) is 13.5. The molecule has 1 heterocycles. The van der Waals surface area contributed by atoms with E-state index < -0.39 is 23.7 Å². The molecule has 1 rings (SSSR count). The van der Waals surface area contributed by atoms with Gasteiger partial charge in [0.05, 0.1) is 14.2 Å². The topological polar surface area (TPSA) is 86.8 Å². The highest BCUT2D eigenvalue weighted by Gasteiger charge is 2.25. The number of carbonyl (C=O) groups excluding carboxylic acids is 2. The number of nitrogens with zero attached hydrogens (tertiary/aromatic N) is 1. The van der Waals surface area contributed by atoms with Crippen LogP contribution in [0.15, 0.2) is 18.2 Å². The van der Waals surface area contributed by atoms with Crippen LogP contribution in [0.3, 0.4) is 0 Å². The Morgan fingerprint density at radius 3 is 2.50 bits per heavy atom. The maximum atomic E-state index is 11.8. The maximum Gasteiger partial charge on any atom is 0.408 e. The van der Waals surface area contributed by atoms with Crippen molar-refractivity contribution in [2.75, 3.05) is 14.2 Å². The van der Waals surface area contributed by atoms with Crippen LogP contribution in [0.4, 0.5) is 4.79 Å². The van der Waals surface area contributed by atoms with Crippen molar-refractivity contribution in [2.24, 2.45) is 0 Å². The molecule has 0 aliphatic heterocycles. The Hall–Kier alpha value is -2.31. The third-order valence-corrected chi connectivity index (χ3v) is 2.58. The van der Waals surface area contributed by atoms with Gasteiger partial charge in [-0.25, -0.2) is 14.6 Å². The molecule has 122 valence electrons. The van der Waals surface area contributed by atoms with Crippen molar-refractivity contribution in [3.63, 3.8) is 0 Å². The molecular weight excluding hydrogens is 288 g/mol. The number of esters is 1. The summed E-state index contributed by atoms with van der Waals surface area (Å²) in [5, 5.41) is 2.49. The van der Waals surface area contributed by atoms with E-state index in [4.69, 9.17) is 14.2 Å². The van der Waals surface area contributed by atoms with E-state index in [1.54, 1.807) is 39.0 Å². The fraction of sp³-hybridized carbons (Fsp3) is 0.533. The Balaban J connectivity index is 2.80. The second-order valence-electron chi connectivity index (χ2n) is 5.60. The first-order valence-corrected chi connectivity index (χ1v) is 6.82. The van der Waals surface area contributed by atoms with Gasteiger partial charge in [0, 0.05) is 18.2 Å². The fourth-order valence-corrected chi connectivity index (χ4v) is 1.68. The number of hydrogen-bond acceptors (Lipinski definition) is 6. The number of alkyl carbamates (subject to hydrolysis) is 1. The quantitative estimate of drug-likeness (QED) is 0.833. The molecule has 0 aromatic carbocycles. The van der Waals surface area contributed by atoms with Crippen LogP contribution in [0.2, 0.25) is 0 Å². The third kappa shape index (κ3) is 5.99. The molecule has 7 heteroatoms. The van der Waals surface area contributed by atoms with Crippen molar-refractivity contribution in [3.05, 3.63) is 23.9 Å². The van der Waals surface area contributed by atoms with Crippen LogP contribution in [0.1, 0.15) is 26.5 Å². The average Bonchev–Trinajstić information content (AvgIpc) is 2.44. The molecular formula is C15H22N2O5. The summed E-state index contributed by atoms with van der Waals surface area (Å²) in [6.45, 7) is 5.22. The largest absolute Gasteiger partial charge is 0.481 e. The second kappa shape index (κ2) is 7.63. The van der Waals surface area contributed by atoms with Crippen molar-refractivity contribution < 1.29 is 23.8 Å². The van der Waals surface area contributed by atoms with Gasteiger partial charge < -0.3 is 19.5 Å². The predicted molar refractivity (Wildman–Crippen MR) is 79.7 cm³/mol. The highest BCUT2D eigenvalue weighted by atomic mass is 16.6. The lowest BCUT2D eigenvalue weighted by atomic mass is 10.1. The lowest BCUT2D eigenvalue weighted by molar-refractivity contribution is -0.143. The van der Waals surface area contributed by atoms with Gasteiger partial charge >= 0.3 is 12.1 Å². The van der Waals surface area contributed by atoms with Gasteiger partial charge in [0.25, 0.3) is 0 Å². The zero-order chi connectivity index (χ0) is 16.8. The number of methoxy groups -OCH3 is 2. The number of rotatable bonds is 5. The molecule has 1 aromatic rings. The van der Waals surface area contributed by atoms with E-state index in [0.717, 1.165) is 0 Å². The molecule has 0 aliphatic carbocycles. The van der Waals surface area contributed by atoms with Crippen LogP contribution in [-0.2, 0) is 20.7 Å². The number of amides is 1. The molecule has 0 saturated carbocycles. The number of pyridine rings is 1. The third-order valence-electron chi connectivity index (χ3n) is 2.58. The molecule has 1 aromatic heterocycles. The molecule has 0 aliphatic rings. The molecule has 0 bridgehead atoms. The van der Waals surface area contributed by atoms with Crippen LogP contribution >= 0.6 is 0 Å². The molecule has 1 amide bonds. The monoisotopic (exact) mass is 310 g/mol. The molecule has 7 nitrogen and oxygen atoms in total. The Labute approximate surface area is 130 Å². The predicted octanol–water partition coefficient (Wildman–Crippen LogP) is 1.70. The lowest BCUT2D eigenvalue weighted by Crippen LogP contribution is -2.45. The molecule has 22 heavy (non-hydrogen) atoms. The van der Waals surface area contributed by atoms with Crippen molar-refractivity contribution in [2.45, 2.75) is 38.8 Å². The van der Waals surface area contributed by atoms with Gasteiger partial charge in [-0.1, -0.05) is 6.07 Å². The lowest BCUT2D eigenvalue weighted by Gasteiger charge is -2.22. The van der Waals surface area contributed by atoms with E-state index in [0.29, 0.717) is 11.6 Å². The Morgan fingerprint density at radius 1 is 1.27 bits per heavy atom. The van der Waals surface area contributed by atoms with Gasteiger partial charge in [-0.2, -0.15) is 0 Å². The summed E-state index contributed by atoms with van der Waals surface area (Å²) in [6.07, 6.45) is -0.519. The van der Waals surface area contributed by atoms with Gasteiger partial charge in [0.15, 0.2) is 0 Å². The summed E-state index contributed by atoms with van der Waals surface area (Å²) >= 11 is 0. The minimum atomic E-state index is -0.889. The zero-order valence-electron chi connectivity index (χ0n) is 13.5. The number of hydrogen-bond donors (Lipinski definition) is 1. The van der Waals surface area contributed by atoms with Gasteiger partial charge in [-0.05, 0) is 26.8 Å². The molecule has 0 radical (unpaired) electrons. The first-order chi connectivity index (χ1) is 10.2. The van der Waals surface area contributed by atoms with Crippen LogP contribution in [0.25, 0.3) is 0 Å². The summed E-state index contributed by atoms with van der Waals surface area (Å²) in [5.74, 6) is -0.145. The molecule has 1 atom stereocenters. The van der Waals surface area contributed by atoms with Gasteiger partial charge in [0.2, 0.25) is 5.88 Å². The summed E-state index contributed by atoms with van der Waals surface area (Å²) in [4.78, 5) is 27.8. The normalized spacial score (nSPS) is 12.2. The van der Waals surface area contributed by atoms with Crippen LogP contribution in [0.5, 0.6) is 5.88 Å². The number of nitrogens with one attached hydrogen (secondary N) is 1. The molecule has 0 fully saturated rings. The highest BCUT2D eigenvalue weighted by Crippen LogP contribution is 2.11. The SMILES string of the molecule is COC(=O)C(Cc1cccc(OC)n1)NC(=O)OC(C)(C)C. The van der Waals surface area contributed by atoms with E-state index in [1.165, 1.54) is 14.2 Å². The van der Waals surface area contributed by atoms with Gasteiger partial charge in [-0.15, -0.1) is 0 Å². The molecule has 0 spiro atoms. The summed E-state index contributed by atoms with van der Waals surface area (Å²) in [7, 11) is 2.76. The number of ether oxygens (including phenoxy) is 3. The standard InChI is InChI=1S/C15H22N2O5/c1-15(2,3)22-14(19)17-11(13(18)21-5)9-10-7-6-8-12(16-10)20-4/h6-8,11H,9H2,1-5H3,(H,17,19). The van der Waals surface area contributed by atoms with Crippen LogP contribution < -0.4 is 10.1 Å². The summed E-state index contributed by atoms with van der Waals surface area (Å²) in [5.41, 5.74) is -0.0651. The van der Waals surface area contributed by atoms with E-state index in [-0.39, 0.29) is 6.42 Å². The van der Waals surface area contributed by atoms with Crippen molar-refractivity contribution in [1.82, 2.24) is 10.3 Å². The fourth-order valence-electron chi connectivity index (χ4n) is 1.68.